The van der Waals surface area contributed by atoms with E-state index < -0.39 is 26.7 Å². The van der Waals surface area contributed by atoms with Crippen molar-refractivity contribution in [1.82, 2.24) is 10.0 Å². The van der Waals surface area contributed by atoms with Crippen molar-refractivity contribution in [2.45, 2.75) is 37.6 Å². The zero-order valence-corrected chi connectivity index (χ0v) is 15.5. The normalized spacial score (nSPS) is 14.0. The molecule has 0 saturated carbocycles. The predicted molar refractivity (Wildman–Crippen MR) is 94.4 cm³/mol. The highest BCUT2D eigenvalue weighted by Crippen LogP contribution is 2.33. The molecule has 1 aliphatic rings. The third kappa shape index (κ3) is 4.37. The fraction of sp³-hybridized carbons (Fsp3) is 0.294. The van der Waals surface area contributed by atoms with Crippen molar-refractivity contribution in [2.75, 3.05) is 0 Å². The summed E-state index contributed by atoms with van der Waals surface area (Å²) in [7, 11) is -4.04. The second kappa shape index (κ2) is 7.56. The Morgan fingerprint density at radius 3 is 2.46 bits per heavy atom. The van der Waals surface area contributed by atoms with Crippen LogP contribution in [0, 0.1) is 6.92 Å². The van der Waals surface area contributed by atoms with Crippen LogP contribution in [-0.2, 0) is 35.8 Å². The van der Waals surface area contributed by atoms with Crippen LogP contribution in [-0.4, -0.2) is 8.42 Å². The van der Waals surface area contributed by atoms with Crippen molar-refractivity contribution < 1.29 is 21.6 Å². The van der Waals surface area contributed by atoms with E-state index in [0.717, 1.165) is 24.2 Å². The summed E-state index contributed by atoms with van der Waals surface area (Å²) in [5, 5.41) is 3.19. The van der Waals surface area contributed by atoms with E-state index in [1.54, 1.807) is 0 Å². The van der Waals surface area contributed by atoms with Crippen LogP contribution < -0.4 is 10.0 Å². The first kappa shape index (κ1) is 20.7. The molecule has 4 nitrogen and oxygen atoms in total. The molecule has 9 heteroatoms. The minimum Gasteiger partial charge on any atom is -0.309 e. The van der Waals surface area contributed by atoms with Crippen molar-refractivity contribution in [2.24, 2.45) is 0 Å². The van der Waals surface area contributed by atoms with Crippen molar-refractivity contribution >= 4 is 22.4 Å². The van der Waals surface area contributed by atoms with Crippen LogP contribution in [0.25, 0.3) is 0 Å². The van der Waals surface area contributed by atoms with Crippen LogP contribution in [0.15, 0.2) is 41.3 Å². The molecule has 0 atom stereocenters. The van der Waals surface area contributed by atoms with Gasteiger partial charge in [0.15, 0.2) is 0 Å². The van der Waals surface area contributed by atoms with Gasteiger partial charge in [-0.1, -0.05) is 24.3 Å². The number of nitrogens with one attached hydrogen (secondary N) is 2. The van der Waals surface area contributed by atoms with Gasteiger partial charge in [-0.3, -0.25) is 0 Å². The van der Waals surface area contributed by atoms with Crippen LogP contribution in [0.2, 0.25) is 0 Å². The number of halogens is 4. The summed E-state index contributed by atoms with van der Waals surface area (Å²) < 4.78 is 66.0. The predicted octanol–water partition coefficient (Wildman–Crippen LogP) is 3.52. The van der Waals surface area contributed by atoms with E-state index in [4.69, 9.17) is 0 Å². The molecule has 0 spiro atoms. The molecule has 0 aromatic heterocycles. The Labute approximate surface area is 156 Å². The molecule has 26 heavy (non-hydrogen) atoms. The molecule has 0 bridgehead atoms. The number of hydrogen-bond donors (Lipinski definition) is 2. The lowest BCUT2D eigenvalue weighted by Gasteiger charge is -2.13. The molecular formula is C17H18ClF3N2O2S. The average Bonchev–Trinajstić information content (AvgIpc) is 2.99. The Morgan fingerprint density at radius 2 is 1.77 bits per heavy atom. The lowest BCUT2D eigenvalue weighted by molar-refractivity contribution is -0.138. The Morgan fingerprint density at radius 1 is 1.08 bits per heavy atom. The van der Waals surface area contributed by atoms with Crippen LogP contribution in [0.3, 0.4) is 0 Å². The lowest BCUT2D eigenvalue weighted by Crippen LogP contribution is -2.24. The summed E-state index contributed by atoms with van der Waals surface area (Å²) >= 11 is 0. The van der Waals surface area contributed by atoms with Gasteiger partial charge in [0.05, 0.1) is 10.5 Å². The summed E-state index contributed by atoms with van der Waals surface area (Å²) in [4.78, 5) is -0.395. The number of rotatable bonds is 4. The van der Waals surface area contributed by atoms with E-state index in [1.165, 1.54) is 24.6 Å². The molecule has 1 aliphatic heterocycles. The third-order valence-electron chi connectivity index (χ3n) is 4.19. The van der Waals surface area contributed by atoms with Crippen LogP contribution in [0.4, 0.5) is 13.2 Å². The molecule has 0 aliphatic carbocycles. The number of hydrogen-bond acceptors (Lipinski definition) is 3. The number of benzene rings is 2. The molecule has 0 fully saturated rings. The summed E-state index contributed by atoms with van der Waals surface area (Å²) in [5.74, 6) is 0. The second-order valence-electron chi connectivity index (χ2n) is 6.01. The molecule has 0 saturated heterocycles. The monoisotopic (exact) mass is 406 g/mol. The first-order valence-corrected chi connectivity index (χ1v) is 9.14. The van der Waals surface area contributed by atoms with E-state index in [1.807, 2.05) is 18.2 Å². The maximum absolute atomic E-state index is 13.0. The fourth-order valence-corrected chi connectivity index (χ4v) is 3.84. The minimum absolute atomic E-state index is 0. The molecule has 142 valence electrons. The van der Waals surface area contributed by atoms with E-state index >= 15 is 0 Å². The topological polar surface area (TPSA) is 58.2 Å². The van der Waals surface area contributed by atoms with Gasteiger partial charge >= 0.3 is 6.18 Å². The minimum atomic E-state index is -4.59. The summed E-state index contributed by atoms with van der Waals surface area (Å²) in [6.45, 7) is 2.82. The summed E-state index contributed by atoms with van der Waals surface area (Å²) in [5.41, 5.74) is 2.07. The number of sulfonamides is 1. The Balaban J connectivity index is 0.00000243. The Hall–Kier alpha value is -1.61. The van der Waals surface area contributed by atoms with Crippen molar-refractivity contribution in [3.8, 4) is 0 Å². The van der Waals surface area contributed by atoms with E-state index in [2.05, 4.69) is 10.0 Å². The quantitative estimate of drug-likeness (QED) is 0.816. The maximum atomic E-state index is 13.0. The zero-order chi connectivity index (χ0) is 18.2. The van der Waals surface area contributed by atoms with Gasteiger partial charge in [0, 0.05) is 19.6 Å². The standard InChI is InChI=1S/C17H17F3N2O2S.ClH/c1-11-2-5-15(7-16(11)17(18,19)20)25(23,24)22-8-12-3-4-13-9-21-10-14(13)6-12;/h2-7,21-22H,8-10H2,1H3;1H. The highest BCUT2D eigenvalue weighted by Gasteiger charge is 2.33. The molecule has 0 unspecified atom stereocenters. The Bertz CT molecular complexity index is 915. The number of fused-ring (bicyclic) bond motifs is 1. The first-order valence-electron chi connectivity index (χ1n) is 7.66. The summed E-state index contributed by atoms with van der Waals surface area (Å²) in [6.07, 6.45) is -4.59. The van der Waals surface area contributed by atoms with Crippen LogP contribution in [0.5, 0.6) is 0 Å². The summed E-state index contributed by atoms with van der Waals surface area (Å²) in [6, 6.07) is 8.65. The molecule has 1 heterocycles. The van der Waals surface area contributed by atoms with Gasteiger partial charge in [0.1, 0.15) is 0 Å². The van der Waals surface area contributed by atoms with Crippen LogP contribution >= 0.6 is 12.4 Å². The molecule has 0 radical (unpaired) electrons. The van der Waals surface area contributed by atoms with E-state index in [9.17, 15) is 21.6 Å². The smallest absolute Gasteiger partial charge is 0.309 e. The molecule has 2 aromatic rings. The van der Waals surface area contributed by atoms with Gasteiger partial charge in [-0.05, 0) is 41.3 Å². The van der Waals surface area contributed by atoms with Gasteiger partial charge < -0.3 is 5.32 Å². The fourth-order valence-electron chi connectivity index (χ4n) is 2.79. The van der Waals surface area contributed by atoms with Gasteiger partial charge in [-0.15, -0.1) is 12.4 Å². The molecule has 2 N–H and O–H groups in total. The largest absolute Gasteiger partial charge is 0.416 e. The van der Waals surface area contributed by atoms with Gasteiger partial charge in [0.25, 0.3) is 0 Å². The highest BCUT2D eigenvalue weighted by atomic mass is 35.5. The highest BCUT2D eigenvalue weighted by molar-refractivity contribution is 7.89. The Kier molecular flexibility index (Phi) is 6.02. The average molecular weight is 407 g/mol. The first-order chi connectivity index (χ1) is 11.7. The second-order valence-corrected chi connectivity index (χ2v) is 7.77. The van der Waals surface area contributed by atoms with Crippen molar-refractivity contribution in [1.29, 1.82) is 0 Å². The van der Waals surface area contributed by atoms with Gasteiger partial charge in [-0.25, -0.2) is 13.1 Å². The zero-order valence-electron chi connectivity index (χ0n) is 13.9. The molecule has 2 aromatic carbocycles. The maximum Gasteiger partial charge on any atom is 0.416 e. The SMILES string of the molecule is Cc1ccc(S(=O)(=O)NCc2ccc3c(c2)CNC3)cc1C(F)(F)F.Cl. The molecular weight excluding hydrogens is 389 g/mol. The van der Waals surface area contributed by atoms with E-state index in [-0.39, 0.29) is 24.5 Å². The van der Waals surface area contributed by atoms with Gasteiger partial charge in [-0.2, -0.15) is 13.2 Å². The third-order valence-corrected chi connectivity index (χ3v) is 5.59. The van der Waals surface area contributed by atoms with Crippen molar-refractivity contribution in [3.63, 3.8) is 0 Å². The van der Waals surface area contributed by atoms with E-state index in [0.29, 0.717) is 6.07 Å². The van der Waals surface area contributed by atoms with Crippen molar-refractivity contribution in [3.05, 3.63) is 64.2 Å². The molecule has 3 rings (SSSR count). The van der Waals surface area contributed by atoms with Gasteiger partial charge in [0.2, 0.25) is 10.0 Å². The number of aryl methyl sites for hydroxylation is 1. The number of alkyl halides is 3. The lowest BCUT2D eigenvalue weighted by atomic mass is 10.1. The van der Waals surface area contributed by atoms with Crippen LogP contribution in [0.1, 0.15) is 27.8 Å². The molecule has 0 amide bonds.